The van der Waals surface area contributed by atoms with Crippen LogP contribution in [0.15, 0.2) is 0 Å². The van der Waals surface area contributed by atoms with E-state index in [4.69, 9.17) is 10.7 Å². The zero-order valence-electron chi connectivity index (χ0n) is 7.96. The highest BCUT2D eigenvalue weighted by Crippen LogP contribution is 2.29. The van der Waals surface area contributed by atoms with Crippen molar-refractivity contribution in [3.63, 3.8) is 0 Å². The fourth-order valence-corrected chi connectivity index (χ4v) is 2.84. The number of hydrogen-bond acceptors (Lipinski definition) is 2. The second-order valence-electron chi connectivity index (χ2n) is 4.02. The molecule has 13 heavy (non-hydrogen) atoms. The second kappa shape index (κ2) is 4.15. The van der Waals surface area contributed by atoms with E-state index in [-0.39, 0.29) is 6.04 Å². The molecule has 3 unspecified atom stereocenters. The molecule has 0 bridgehead atoms. The Balaban J connectivity index is 2.47. The van der Waals surface area contributed by atoms with Crippen LogP contribution in [-0.2, 0) is 9.24 Å². The first kappa shape index (κ1) is 11.3. The van der Waals surface area contributed by atoms with Gasteiger partial charge in [-0.1, -0.05) is 13.8 Å². The highest BCUT2D eigenvalue weighted by molar-refractivity contribution is 8.12. The first-order valence-electron chi connectivity index (χ1n) is 4.60. The van der Waals surface area contributed by atoms with Crippen LogP contribution in [0, 0.1) is 11.8 Å². The third-order valence-corrected chi connectivity index (χ3v) is 3.79. The third-order valence-electron chi connectivity index (χ3n) is 2.91. The molecule has 0 saturated heterocycles. The summed E-state index contributed by atoms with van der Waals surface area (Å²) in [7, 11) is 1.57. The molecule has 5 heteroatoms. The molecule has 1 aliphatic rings. The van der Waals surface area contributed by atoms with E-state index in [1.807, 2.05) is 0 Å². The molecule has 78 valence electrons. The van der Waals surface area contributed by atoms with Gasteiger partial charge in [-0.2, -0.15) is 13.1 Å². The van der Waals surface area contributed by atoms with Gasteiger partial charge < -0.3 is 0 Å². The Bertz CT molecular complexity index is 265. The summed E-state index contributed by atoms with van der Waals surface area (Å²) in [6.45, 7) is 4.36. The van der Waals surface area contributed by atoms with Crippen LogP contribution in [0.1, 0.15) is 33.1 Å². The van der Waals surface area contributed by atoms with E-state index in [2.05, 4.69) is 18.6 Å². The largest absolute Gasteiger partial charge is 0.297 e. The van der Waals surface area contributed by atoms with Gasteiger partial charge in [-0.15, -0.1) is 0 Å². The third kappa shape index (κ3) is 3.83. The molecule has 1 saturated carbocycles. The predicted molar refractivity (Wildman–Crippen MR) is 53.9 cm³/mol. The van der Waals surface area contributed by atoms with Gasteiger partial charge in [0, 0.05) is 16.7 Å². The van der Waals surface area contributed by atoms with Crippen LogP contribution in [0.5, 0.6) is 0 Å². The summed E-state index contributed by atoms with van der Waals surface area (Å²) in [5.41, 5.74) is 0. The molecule has 1 fully saturated rings. The number of nitrogens with one attached hydrogen (secondary N) is 1. The molecule has 0 radical (unpaired) electrons. The van der Waals surface area contributed by atoms with E-state index in [1.54, 1.807) is 0 Å². The Morgan fingerprint density at radius 3 is 2.31 bits per heavy atom. The van der Waals surface area contributed by atoms with E-state index >= 15 is 0 Å². The summed E-state index contributed by atoms with van der Waals surface area (Å²) in [6, 6.07) is 0.0358. The van der Waals surface area contributed by atoms with Gasteiger partial charge >= 0.3 is 0 Å². The molecule has 0 amide bonds. The topological polar surface area (TPSA) is 46.2 Å². The monoisotopic (exact) mass is 225 g/mol. The van der Waals surface area contributed by atoms with Gasteiger partial charge in [0.05, 0.1) is 0 Å². The molecule has 0 heterocycles. The van der Waals surface area contributed by atoms with Crippen molar-refractivity contribution in [1.29, 1.82) is 0 Å². The summed E-state index contributed by atoms with van der Waals surface area (Å²) in [5, 5.41) is 0. The Morgan fingerprint density at radius 1 is 1.23 bits per heavy atom. The fourth-order valence-electron chi connectivity index (χ4n) is 1.85. The molecule has 0 aromatic heterocycles. The van der Waals surface area contributed by atoms with Crippen LogP contribution in [-0.4, -0.2) is 14.5 Å². The molecular formula is C8H16ClNO2S. The maximum Gasteiger partial charge on any atom is 0.297 e. The first-order chi connectivity index (χ1) is 5.88. The van der Waals surface area contributed by atoms with Crippen LogP contribution < -0.4 is 4.72 Å². The van der Waals surface area contributed by atoms with E-state index < -0.39 is 9.24 Å². The van der Waals surface area contributed by atoms with Gasteiger partial charge in [-0.25, -0.2) is 0 Å². The summed E-state index contributed by atoms with van der Waals surface area (Å²) in [5.74, 6) is 1.26. The number of halogens is 1. The van der Waals surface area contributed by atoms with Crippen molar-refractivity contribution in [1.82, 2.24) is 4.72 Å². The molecule has 3 nitrogen and oxygen atoms in total. The van der Waals surface area contributed by atoms with Gasteiger partial charge in [0.25, 0.3) is 9.24 Å². The minimum Gasteiger partial charge on any atom is -0.199 e. The van der Waals surface area contributed by atoms with Crippen LogP contribution in [0.3, 0.4) is 0 Å². The number of rotatable bonds is 2. The van der Waals surface area contributed by atoms with Crippen LogP contribution in [0.2, 0.25) is 0 Å². The number of hydrogen-bond donors (Lipinski definition) is 1. The van der Waals surface area contributed by atoms with Crippen molar-refractivity contribution in [2.24, 2.45) is 11.8 Å². The smallest absolute Gasteiger partial charge is 0.199 e. The minimum atomic E-state index is -3.54. The minimum absolute atomic E-state index is 0.0358. The maximum atomic E-state index is 10.7. The first-order valence-corrected chi connectivity index (χ1v) is 6.91. The molecule has 0 aromatic rings. The zero-order chi connectivity index (χ0) is 10.1. The Labute approximate surface area is 84.4 Å². The Morgan fingerprint density at radius 2 is 1.85 bits per heavy atom. The van der Waals surface area contributed by atoms with E-state index in [0.29, 0.717) is 11.8 Å². The second-order valence-corrected chi connectivity index (χ2v) is 6.35. The summed E-state index contributed by atoms with van der Waals surface area (Å²) >= 11 is 0. The van der Waals surface area contributed by atoms with Crippen molar-refractivity contribution in [3.8, 4) is 0 Å². The van der Waals surface area contributed by atoms with Gasteiger partial charge in [0.1, 0.15) is 0 Å². The Kier molecular flexibility index (Phi) is 3.60. The summed E-state index contributed by atoms with van der Waals surface area (Å²) in [6.07, 6.45) is 2.87. The van der Waals surface area contributed by atoms with Crippen LogP contribution in [0.25, 0.3) is 0 Å². The lowest BCUT2D eigenvalue weighted by molar-refractivity contribution is 0.242. The Hall–Kier alpha value is 0.200. The van der Waals surface area contributed by atoms with Crippen LogP contribution in [0.4, 0.5) is 0 Å². The molecule has 0 aromatic carbocycles. The highest BCUT2D eigenvalue weighted by atomic mass is 35.7. The van der Waals surface area contributed by atoms with Crippen LogP contribution >= 0.6 is 10.7 Å². The molecule has 1 aliphatic carbocycles. The van der Waals surface area contributed by atoms with Gasteiger partial charge in [-0.05, 0) is 31.1 Å². The van der Waals surface area contributed by atoms with E-state index in [1.165, 1.54) is 0 Å². The maximum absolute atomic E-state index is 10.7. The standard InChI is InChI=1S/C8H16ClNO2S/c1-6-3-4-8(5-7(6)2)10-13(9,11)12/h6-8,10H,3-5H2,1-2H3. The molecule has 0 spiro atoms. The SMILES string of the molecule is CC1CCC(NS(=O)(=O)Cl)CC1C. The molecule has 0 aliphatic heterocycles. The van der Waals surface area contributed by atoms with Crippen molar-refractivity contribution < 1.29 is 8.42 Å². The summed E-state index contributed by atoms with van der Waals surface area (Å²) in [4.78, 5) is 0. The van der Waals surface area contributed by atoms with Crippen molar-refractivity contribution >= 4 is 19.9 Å². The van der Waals surface area contributed by atoms with Gasteiger partial charge in [-0.3, -0.25) is 0 Å². The normalized spacial score (nSPS) is 36.1. The lowest BCUT2D eigenvalue weighted by atomic mass is 9.79. The zero-order valence-corrected chi connectivity index (χ0v) is 9.53. The highest BCUT2D eigenvalue weighted by Gasteiger charge is 2.26. The van der Waals surface area contributed by atoms with E-state index in [9.17, 15) is 8.42 Å². The molecular weight excluding hydrogens is 210 g/mol. The lowest BCUT2D eigenvalue weighted by Crippen LogP contribution is -2.37. The summed E-state index contributed by atoms with van der Waals surface area (Å²) < 4.78 is 23.9. The van der Waals surface area contributed by atoms with Gasteiger partial charge in [0.15, 0.2) is 0 Å². The van der Waals surface area contributed by atoms with Crippen molar-refractivity contribution in [2.75, 3.05) is 0 Å². The van der Waals surface area contributed by atoms with Crippen molar-refractivity contribution in [3.05, 3.63) is 0 Å². The predicted octanol–water partition coefficient (Wildman–Crippen LogP) is 1.88. The molecule has 1 rings (SSSR count). The molecule has 1 N–H and O–H groups in total. The van der Waals surface area contributed by atoms with Crippen molar-refractivity contribution in [2.45, 2.75) is 39.2 Å². The molecule has 3 atom stereocenters. The average Bonchev–Trinajstić information content (AvgIpc) is 1.94. The quantitative estimate of drug-likeness (QED) is 0.730. The lowest BCUT2D eigenvalue weighted by Gasteiger charge is -2.31. The van der Waals surface area contributed by atoms with E-state index in [0.717, 1.165) is 19.3 Å². The van der Waals surface area contributed by atoms with Gasteiger partial charge in [0.2, 0.25) is 0 Å². The average molecular weight is 226 g/mol. The fraction of sp³-hybridized carbons (Fsp3) is 1.00.